The number of hydrogen-bond acceptors (Lipinski definition) is 2. The van der Waals surface area contributed by atoms with E-state index in [0.717, 1.165) is 55.6 Å². The average molecular weight is 620 g/mol. The first kappa shape index (κ1) is 32.5. The van der Waals surface area contributed by atoms with Gasteiger partial charge in [0.15, 0.2) is 5.78 Å². The van der Waals surface area contributed by atoms with Crippen LogP contribution < -0.4 is 4.90 Å². The second-order valence-corrected chi connectivity index (χ2v) is 15.8. The van der Waals surface area contributed by atoms with Crippen molar-refractivity contribution in [2.24, 2.45) is 0 Å². The number of fused-ring (bicyclic) bond motifs is 3. The number of carbonyl (C=O) groups is 1. The molecule has 5 aromatic rings. The molecule has 0 saturated carbocycles. The summed E-state index contributed by atoms with van der Waals surface area (Å²) in [6.45, 7) is 22.5. The van der Waals surface area contributed by atoms with Crippen LogP contribution in [-0.2, 0) is 10.8 Å². The third-order valence-corrected chi connectivity index (χ3v) is 9.69. The minimum Gasteiger partial charge on any atom is -0.367 e. The van der Waals surface area contributed by atoms with Gasteiger partial charge in [0.25, 0.3) is 0 Å². The monoisotopic (exact) mass is 619 g/mol. The van der Waals surface area contributed by atoms with Crippen LogP contribution in [0.25, 0.3) is 44.5 Å². The van der Waals surface area contributed by atoms with E-state index < -0.39 is 0 Å². The summed E-state index contributed by atoms with van der Waals surface area (Å²) in [7, 11) is 0. The van der Waals surface area contributed by atoms with Crippen molar-refractivity contribution >= 4 is 11.5 Å². The molecule has 240 valence electrons. The molecule has 0 saturated heterocycles. The van der Waals surface area contributed by atoms with E-state index in [-0.39, 0.29) is 16.6 Å². The summed E-state index contributed by atoms with van der Waals surface area (Å²) in [5.41, 5.74) is 14.1. The molecule has 6 rings (SSSR count). The lowest BCUT2D eigenvalue weighted by Gasteiger charge is -2.33. The van der Waals surface area contributed by atoms with Crippen molar-refractivity contribution in [1.29, 1.82) is 0 Å². The standard InChI is InChI=1S/C45H49NO/c1-28(2)46(29(3)4)35-25-19-31(20-26-35)38-27-39(30-15-21-33(22-16-30)44(5,6)7)42-41(36-13-11-12-14-37(36)43(42)47)40(38)32-17-23-34(24-18-32)45(8,9)10/h11-29H,1-10H3. The highest BCUT2D eigenvalue weighted by molar-refractivity contribution is 6.28. The van der Waals surface area contributed by atoms with Crippen LogP contribution in [0.5, 0.6) is 0 Å². The first-order valence-corrected chi connectivity index (χ1v) is 17.1. The summed E-state index contributed by atoms with van der Waals surface area (Å²) in [4.78, 5) is 16.8. The van der Waals surface area contributed by atoms with Gasteiger partial charge in [0, 0.05) is 34.5 Å². The Kier molecular flexibility index (Phi) is 8.29. The van der Waals surface area contributed by atoms with E-state index in [2.05, 4.69) is 165 Å². The molecule has 47 heavy (non-hydrogen) atoms. The highest BCUT2D eigenvalue weighted by Crippen LogP contribution is 2.51. The Balaban J connectivity index is 1.66. The Morgan fingerprint density at radius 3 is 1.36 bits per heavy atom. The molecule has 0 radical (unpaired) electrons. The zero-order valence-corrected chi connectivity index (χ0v) is 29.8. The van der Waals surface area contributed by atoms with Gasteiger partial charge in [-0.15, -0.1) is 0 Å². The van der Waals surface area contributed by atoms with Gasteiger partial charge >= 0.3 is 0 Å². The lowest BCUT2D eigenvalue weighted by Crippen LogP contribution is -2.36. The SMILES string of the molecule is CC(C)N(c1ccc(-c2cc(-c3ccc(C(C)(C)C)cc3)c3c(c2-c2ccc(C(C)(C)C)cc2)-c2ccccc2C3=O)cc1)C(C)C. The number of rotatable bonds is 6. The molecule has 1 aliphatic carbocycles. The van der Waals surface area contributed by atoms with Gasteiger partial charge in [0.2, 0.25) is 0 Å². The summed E-state index contributed by atoms with van der Waals surface area (Å²) in [6.07, 6.45) is 0. The fourth-order valence-electron chi connectivity index (χ4n) is 7.27. The second kappa shape index (κ2) is 12.0. The van der Waals surface area contributed by atoms with Crippen LogP contribution in [-0.4, -0.2) is 17.9 Å². The zero-order chi connectivity index (χ0) is 33.8. The molecule has 0 heterocycles. The van der Waals surface area contributed by atoms with Crippen molar-refractivity contribution < 1.29 is 4.79 Å². The molecule has 0 spiro atoms. The first-order chi connectivity index (χ1) is 22.2. The van der Waals surface area contributed by atoms with Gasteiger partial charge in [-0.05, 0) is 107 Å². The molecule has 0 fully saturated rings. The minimum atomic E-state index is 0.0440. The summed E-state index contributed by atoms with van der Waals surface area (Å²) >= 11 is 0. The van der Waals surface area contributed by atoms with Gasteiger partial charge in [-0.1, -0.05) is 126 Å². The maximum atomic E-state index is 14.4. The van der Waals surface area contributed by atoms with Gasteiger partial charge in [-0.2, -0.15) is 0 Å². The van der Waals surface area contributed by atoms with E-state index in [0.29, 0.717) is 12.1 Å². The summed E-state index contributed by atoms with van der Waals surface area (Å²) in [5, 5.41) is 0. The molecule has 2 nitrogen and oxygen atoms in total. The molecule has 1 aliphatic rings. The molecule has 2 heteroatoms. The van der Waals surface area contributed by atoms with E-state index in [1.54, 1.807) is 0 Å². The van der Waals surface area contributed by atoms with Crippen LogP contribution in [0.1, 0.15) is 96.3 Å². The smallest absolute Gasteiger partial charge is 0.194 e. The highest BCUT2D eigenvalue weighted by atomic mass is 16.1. The van der Waals surface area contributed by atoms with Crippen LogP contribution in [0.4, 0.5) is 5.69 Å². The topological polar surface area (TPSA) is 20.3 Å². The van der Waals surface area contributed by atoms with Crippen LogP contribution in [0.2, 0.25) is 0 Å². The third-order valence-electron chi connectivity index (χ3n) is 9.69. The van der Waals surface area contributed by atoms with Crippen molar-refractivity contribution in [2.45, 2.75) is 92.2 Å². The number of carbonyl (C=O) groups excluding carboxylic acids is 1. The Labute approximate surface area is 282 Å². The Morgan fingerprint density at radius 1 is 0.468 bits per heavy atom. The van der Waals surface area contributed by atoms with Crippen molar-refractivity contribution in [1.82, 2.24) is 0 Å². The molecular formula is C45H49NO. The largest absolute Gasteiger partial charge is 0.367 e. The lowest BCUT2D eigenvalue weighted by molar-refractivity contribution is 0.104. The quantitative estimate of drug-likeness (QED) is 0.185. The fourth-order valence-corrected chi connectivity index (χ4v) is 7.27. The minimum absolute atomic E-state index is 0.0440. The van der Waals surface area contributed by atoms with E-state index in [1.807, 2.05) is 12.1 Å². The number of nitrogens with zero attached hydrogens (tertiary/aromatic N) is 1. The Bertz CT molecular complexity index is 1920. The maximum Gasteiger partial charge on any atom is 0.194 e. The molecule has 0 amide bonds. The van der Waals surface area contributed by atoms with Crippen molar-refractivity contribution in [2.75, 3.05) is 4.90 Å². The third kappa shape index (κ3) is 5.95. The number of benzene rings is 5. The van der Waals surface area contributed by atoms with Crippen LogP contribution in [0.15, 0.2) is 103 Å². The van der Waals surface area contributed by atoms with Gasteiger partial charge in [0.05, 0.1) is 0 Å². The number of hydrogen-bond donors (Lipinski definition) is 0. The molecule has 0 aromatic heterocycles. The first-order valence-electron chi connectivity index (χ1n) is 17.1. The molecule has 0 bridgehead atoms. The molecule has 0 aliphatic heterocycles. The summed E-state index contributed by atoms with van der Waals surface area (Å²) in [6, 6.07) is 38.0. The fraction of sp³-hybridized carbons (Fsp3) is 0.311. The van der Waals surface area contributed by atoms with Crippen molar-refractivity contribution in [3.8, 4) is 44.5 Å². The molecule has 5 aromatic carbocycles. The zero-order valence-electron chi connectivity index (χ0n) is 29.8. The summed E-state index contributed by atoms with van der Waals surface area (Å²) in [5.74, 6) is 0.101. The molecule has 0 atom stereocenters. The van der Waals surface area contributed by atoms with Gasteiger partial charge in [-0.3, -0.25) is 4.79 Å². The predicted octanol–water partition coefficient (Wildman–Crippen LogP) is 12.1. The van der Waals surface area contributed by atoms with E-state index in [1.165, 1.54) is 16.8 Å². The van der Waals surface area contributed by atoms with Gasteiger partial charge in [0.1, 0.15) is 0 Å². The van der Waals surface area contributed by atoms with Gasteiger partial charge in [-0.25, -0.2) is 0 Å². The van der Waals surface area contributed by atoms with Crippen molar-refractivity contribution in [3.05, 3.63) is 125 Å². The lowest BCUT2D eigenvalue weighted by atomic mass is 9.81. The molecule has 0 N–H and O–H groups in total. The second-order valence-electron chi connectivity index (χ2n) is 15.8. The van der Waals surface area contributed by atoms with E-state index >= 15 is 0 Å². The molecule has 0 unspecified atom stereocenters. The maximum absolute atomic E-state index is 14.4. The van der Waals surface area contributed by atoms with E-state index in [4.69, 9.17) is 0 Å². The highest BCUT2D eigenvalue weighted by Gasteiger charge is 2.34. The van der Waals surface area contributed by atoms with Crippen LogP contribution in [0.3, 0.4) is 0 Å². The average Bonchev–Trinajstić information content (AvgIpc) is 3.32. The summed E-state index contributed by atoms with van der Waals surface area (Å²) < 4.78 is 0. The normalized spacial score (nSPS) is 12.9. The molecular weight excluding hydrogens is 571 g/mol. The van der Waals surface area contributed by atoms with Crippen molar-refractivity contribution in [3.63, 3.8) is 0 Å². The Morgan fingerprint density at radius 2 is 0.894 bits per heavy atom. The number of anilines is 1. The Hall–Kier alpha value is -4.43. The van der Waals surface area contributed by atoms with Crippen LogP contribution >= 0.6 is 0 Å². The van der Waals surface area contributed by atoms with Gasteiger partial charge < -0.3 is 4.90 Å². The van der Waals surface area contributed by atoms with Crippen LogP contribution in [0, 0.1) is 0 Å². The van der Waals surface area contributed by atoms with E-state index in [9.17, 15) is 4.79 Å². The number of ketones is 1. The predicted molar refractivity (Wildman–Crippen MR) is 202 cm³/mol.